The summed E-state index contributed by atoms with van der Waals surface area (Å²) in [7, 11) is 0. The normalized spacial score (nSPS) is 9.70. The number of benzene rings is 3. The van der Waals surface area contributed by atoms with Crippen molar-refractivity contribution < 1.29 is 24.8 Å². The Morgan fingerprint density at radius 3 is 1.15 bits per heavy atom. The minimum atomic E-state index is 0. The zero-order valence-corrected chi connectivity index (χ0v) is 20.8. The van der Waals surface area contributed by atoms with Gasteiger partial charge in [0.05, 0.1) is 0 Å². The van der Waals surface area contributed by atoms with Crippen molar-refractivity contribution in [1.82, 2.24) is 0 Å². The second-order valence-corrected chi connectivity index (χ2v) is 7.03. The zero-order valence-electron chi connectivity index (χ0n) is 16.9. The molecule has 0 nitrogen and oxygen atoms in total. The van der Waals surface area contributed by atoms with Gasteiger partial charge in [-0.15, -0.1) is 0 Å². The molecule has 0 spiro atoms. The molecule has 0 aliphatic carbocycles. The van der Waals surface area contributed by atoms with Gasteiger partial charge in [-0.25, -0.2) is 0 Å². The Kier molecular flexibility index (Phi) is 9.99. The molecule has 3 rings (SSSR count). The maximum absolute atomic E-state index is 3.68. The van der Waals surface area contributed by atoms with Crippen LogP contribution in [0.1, 0.15) is 33.4 Å². The quantitative estimate of drug-likeness (QED) is 0.489. The Morgan fingerprint density at radius 1 is 0.556 bits per heavy atom. The molecule has 0 fully saturated rings. The van der Waals surface area contributed by atoms with Gasteiger partial charge in [-0.3, -0.25) is 0 Å². The summed E-state index contributed by atoms with van der Waals surface area (Å²) in [6, 6.07) is 19.2. The summed E-state index contributed by atoms with van der Waals surface area (Å²) in [5.41, 5.74) is 12.9. The van der Waals surface area contributed by atoms with Crippen LogP contribution in [0.4, 0.5) is 0 Å². The standard InChI is InChI=1S/C24H25.2ClH.Ga/c1-15-10-17(3)23(18(4)11-15)21-8-7-9-22(14-21)24-19(5)12-16(2)13-20(24)6;;;/h7-13H,1-6H3;2*1H;/p-2. The molecule has 0 unspecified atom stereocenters. The van der Waals surface area contributed by atoms with E-state index in [2.05, 4.69) is 90.1 Å². The first-order valence-electron chi connectivity index (χ1n) is 8.55. The van der Waals surface area contributed by atoms with Crippen LogP contribution in [0.5, 0.6) is 0 Å². The maximum atomic E-state index is 3.68. The predicted octanol–water partition coefficient (Wildman–Crippen LogP) is 0.299. The van der Waals surface area contributed by atoms with Gasteiger partial charge in [0.2, 0.25) is 0 Å². The van der Waals surface area contributed by atoms with Crippen molar-refractivity contribution in [3.05, 3.63) is 81.9 Å². The van der Waals surface area contributed by atoms with E-state index in [1.165, 1.54) is 55.6 Å². The maximum Gasteiger partial charge on any atom is 0 e. The van der Waals surface area contributed by atoms with Gasteiger partial charge < -0.3 is 24.8 Å². The molecule has 140 valence electrons. The Labute approximate surface area is 189 Å². The first kappa shape index (κ1) is 25.9. The Hall–Kier alpha value is -1.12. The number of rotatable bonds is 2. The molecule has 4 radical (unpaired) electrons. The van der Waals surface area contributed by atoms with E-state index in [4.69, 9.17) is 0 Å². The summed E-state index contributed by atoms with van der Waals surface area (Å²) in [4.78, 5) is 0. The molecule has 3 aromatic carbocycles. The fourth-order valence-corrected chi connectivity index (χ4v) is 3.97. The molecule has 0 heterocycles. The van der Waals surface area contributed by atoms with E-state index in [-0.39, 0.29) is 44.6 Å². The first-order chi connectivity index (χ1) is 11.4. The number of aryl methyl sites for hydroxylation is 6. The predicted molar refractivity (Wildman–Crippen MR) is 110 cm³/mol. The van der Waals surface area contributed by atoms with Crippen molar-refractivity contribution in [3.8, 4) is 22.3 Å². The van der Waals surface area contributed by atoms with Gasteiger partial charge in [0.25, 0.3) is 0 Å². The van der Waals surface area contributed by atoms with E-state index in [1.54, 1.807) is 0 Å². The van der Waals surface area contributed by atoms with E-state index in [0.29, 0.717) is 0 Å². The minimum Gasteiger partial charge on any atom is -1.00 e. The summed E-state index contributed by atoms with van der Waals surface area (Å²) in [6.45, 7) is 13.1. The van der Waals surface area contributed by atoms with Crippen LogP contribution < -0.4 is 24.8 Å². The van der Waals surface area contributed by atoms with Crippen molar-refractivity contribution >= 4 is 19.8 Å². The SMILES string of the molecule is Cc1cc(C)c(-c2[c]c(-c3c(C)cc(C)cc3C)ccc2)c(C)c1.[Cl-].[Cl-].[Ga]. The van der Waals surface area contributed by atoms with Crippen molar-refractivity contribution in [2.75, 3.05) is 0 Å². The summed E-state index contributed by atoms with van der Waals surface area (Å²) >= 11 is 0. The number of hydrogen-bond acceptors (Lipinski definition) is 0. The molecule has 27 heavy (non-hydrogen) atoms. The van der Waals surface area contributed by atoms with Crippen LogP contribution in [0.25, 0.3) is 22.3 Å². The van der Waals surface area contributed by atoms with Crippen molar-refractivity contribution in [3.63, 3.8) is 0 Å². The zero-order chi connectivity index (χ0) is 17.4. The summed E-state index contributed by atoms with van der Waals surface area (Å²) in [5, 5.41) is 0. The van der Waals surface area contributed by atoms with Crippen LogP contribution >= 0.6 is 0 Å². The first-order valence-corrected chi connectivity index (χ1v) is 8.55. The second kappa shape index (κ2) is 10.4. The van der Waals surface area contributed by atoms with Gasteiger partial charge in [-0.2, -0.15) is 0 Å². The van der Waals surface area contributed by atoms with Crippen LogP contribution in [0, 0.1) is 47.6 Å². The second-order valence-electron chi connectivity index (χ2n) is 7.03. The molecule has 0 bridgehead atoms. The molecule has 0 saturated heterocycles. The third kappa shape index (κ3) is 5.45. The van der Waals surface area contributed by atoms with Crippen molar-refractivity contribution in [2.45, 2.75) is 41.5 Å². The van der Waals surface area contributed by atoms with Gasteiger partial charge in [0.1, 0.15) is 0 Å². The third-order valence-electron chi connectivity index (χ3n) is 4.69. The topological polar surface area (TPSA) is 0 Å². The minimum absolute atomic E-state index is 0. The fraction of sp³-hybridized carbons (Fsp3) is 0.250. The molecule has 0 aliphatic heterocycles. The molecule has 0 saturated carbocycles. The summed E-state index contributed by atoms with van der Waals surface area (Å²) < 4.78 is 0. The van der Waals surface area contributed by atoms with Crippen LogP contribution in [-0.2, 0) is 0 Å². The van der Waals surface area contributed by atoms with E-state index in [9.17, 15) is 0 Å². The van der Waals surface area contributed by atoms with Crippen LogP contribution in [0.15, 0.2) is 42.5 Å². The van der Waals surface area contributed by atoms with Crippen molar-refractivity contribution in [2.24, 2.45) is 0 Å². The van der Waals surface area contributed by atoms with Gasteiger partial charge in [-0.05, 0) is 92.1 Å². The monoisotopic (exact) mass is 452 g/mol. The Balaban J connectivity index is 0.00000225. The van der Waals surface area contributed by atoms with Crippen LogP contribution in [-0.4, -0.2) is 19.8 Å². The molecular formula is C24H25Cl2Ga-2. The van der Waals surface area contributed by atoms with Gasteiger partial charge >= 0.3 is 0 Å². The van der Waals surface area contributed by atoms with Gasteiger partial charge in [0, 0.05) is 19.8 Å². The summed E-state index contributed by atoms with van der Waals surface area (Å²) in [6.07, 6.45) is 0. The molecule has 0 aliphatic rings. The molecule has 0 aromatic heterocycles. The summed E-state index contributed by atoms with van der Waals surface area (Å²) in [5.74, 6) is 0. The van der Waals surface area contributed by atoms with Crippen LogP contribution in [0.3, 0.4) is 0 Å². The van der Waals surface area contributed by atoms with Crippen LogP contribution in [0.2, 0.25) is 0 Å². The number of halogens is 2. The molecule has 0 amide bonds. The third-order valence-corrected chi connectivity index (χ3v) is 4.69. The average Bonchev–Trinajstić information content (AvgIpc) is 2.45. The van der Waals surface area contributed by atoms with E-state index >= 15 is 0 Å². The molecule has 3 aromatic rings. The fourth-order valence-electron chi connectivity index (χ4n) is 3.97. The molecule has 0 N–H and O–H groups in total. The Morgan fingerprint density at radius 2 is 0.852 bits per heavy atom. The number of hydrogen-bond donors (Lipinski definition) is 0. The molecular weight excluding hydrogens is 429 g/mol. The van der Waals surface area contributed by atoms with Crippen molar-refractivity contribution in [1.29, 1.82) is 0 Å². The van der Waals surface area contributed by atoms with E-state index < -0.39 is 0 Å². The van der Waals surface area contributed by atoms with E-state index in [1.807, 2.05) is 0 Å². The van der Waals surface area contributed by atoms with Gasteiger partial charge in [0.15, 0.2) is 0 Å². The molecule has 3 heteroatoms. The van der Waals surface area contributed by atoms with E-state index in [0.717, 1.165) is 0 Å². The van der Waals surface area contributed by atoms with Gasteiger partial charge in [-0.1, -0.05) is 53.6 Å². The molecule has 0 atom stereocenters. The Bertz CT molecular complexity index is 811. The average molecular weight is 454 g/mol. The smallest absolute Gasteiger partial charge is 0 e. The largest absolute Gasteiger partial charge is 1.00 e.